The first kappa shape index (κ1) is 19.6. The summed E-state index contributed by atoms with van der Waals surface area (Å²) in [4.78, 5) is 13.0. The highest BCUT2D eigenvalue weighted by Gasteiger charge is 2.40. The summed E-state index contributed by atoms with van der Waals surface area (Å²) in [5, 5.41) is 9.53. The molecule has 0 aromatic heterocycles. The summed E-state index contributed by atoms with van der Waals surface area (Å²) in [7, 11) is 0. The summed E-state index contributed by atoms with van der Waals surface area (Å²) < 4.78 is 38.7. The van der Waals surface area contributed by atoms with Gasteiger partial charge >= 0.3 is 12.3 Å². The van der Waals surface area contributed by atoms with Gasteiger partial charge in [0.25, 0.3) is 0 Å². The van der Waals surface area contributed by atoms with E-state index in [0.29, 0.717) is 24.8 Å². The van der Waals surface area contributed by atoms with E-state index in [2.05, 4.69) is 0 Å². The number of benzene rings is 1. The number of carbonyl (C=O) groups is 1. The highest BCUT2D eigenvalue weighted by atomic mass is 19.4. The Kier molecular flexibility index (Phi) is 5.37. The molecule has 1 aromatic carbocycles. The van der Waals surface area contributed by atoms with E-state index in [4.69, 9.17) is 5.73 Å². The van der Waals surface area contributed by atoms with Crippen LogP contribution in [-0.4, -0.2) is 33.7 Å². The zero-order valence-electron chi connectivity index (χ0n) is 14.7. The molecule has 0 saturated heterocycles. The molecule has 4 nitrogen and oxygen atoms in total. The minimum absolute atomic E-state index is 0.0934. The fourth-order valence-electron chi connectivity index (χ4n) is 3.71. The van der Waals surface area contributed by atoms with Crippen molar-refractivity contribution in [3.05, 3.63) is 35.4 Å². The third kappa shape index (κ3) is 4.45. The molecule has 140 valence electrons. The lowest BCUT2D eigenvalue weighted by atomic mass is 9.77. The lowest BCUT2D eigenvalue weighted by Gasteiger charge is -2.45. The first-order chi connectivity index (χ1) is 11.4. The lowest BCUT2D eigenvalue weighted by molar-refractivity contribution is -0.137. The summed E-state index contributed by atoms with van der Waals surface area (Å²) in [6.07, 6.45) is -3.79. The van der Waals surface area contributed by atoms with Crippen molar-refractivity contribution < 1.29 is 23.1 Å². The van der Waals surface area contributed by atoms with Gasteiger partial charge in [0.1, 0.15) is 0 Å². The molecule has 0 spiro atoms. The zero-order valence-corrected chi connectivity index (χ0v) is 14.7. The number of alkyl halides is 3. The summed E-state index contributed by atoms with van der Waals surface area (Å²) in [6, 6.07) is 4.58. The molecule has 1 aromatic rings. The maximum absolute atomic E-state index is 12.9. The molecule has 1 amide bonds. The number of halogens is 3. The highest BCUT2D eigenvalue weighted by molar-refractivity contribution is 5.66. The molecular formula is C18H25F3N2O2. The molecule has 3 unspecified atom stereocenters. The van der Waals surface area contributed by atoms with E-state index in [1.165, 1.54) is 17.0 Å². The molecule has 25 heavy (non-hydrogen) atoms. The van der Waals surface area contributed by atoms with Crippen molar-refractivity contribution in [2.24, 2.45) is 5.73 Å². The fourth-order valence-corrected chi connectivity index (χ4v) is 3.71. The number of hydrogen-bond donors (Lipinski definition) is 2. The number of nitrogens with two attached hydrogens (primary N) is 1. The van der Waals surface area contributed by atoms with Gasteiger partial charge in [-0.15, -0.1) is 0 Å². The van der Waals surface area contributed by atoms with E-state index in [9.17, 15) is 23.1 Å². The van der Waals surface area contributed by atoms with E-state index in [1.807, 2.05) is 20.8 Å². The number of carboxylic acid groups (broad SMARTS) is 1. The van der Waals surface area contributed by atoms with Crippen LogP contribution in [0.4, 0.5) is 18.0 Å². The van der Waals surface area contributed by atoms with Crippen molar-refractivity contribution in [1.82, 2.24) is 4.90 Å². The van der Waals surface area contributed by atoms with Crippen molar-refractivity contribution in [2.45, 2.75) is 69.8 Å². The van der Waals surface area contributed by atoms with Crippen LogP contribution in [0.1, 0.15) is 57.1 Å². The average Bonchev–Trinajstić information content (AvgIpc) is 2.46. The van der Waals surface area contributed by atoms with Gasteiger partial charge in [-0.2, -0.15) is 13.2 Å². The fraction of sp³-hybridized carbons (Fsp3) is 0.611. The molecule has 0 radical (unpaired) electrons. The van der Waals surface area contributed by atoms with E-state index in [0.717, 1.165) is 6.07 Å². The molecule has 1 aliphatic rings. The van der Waals surface area contributed by atoms with Crippen molar-refractivity contribution >= 4 is 6.09 Å². The van der Waals surface area contributed by atoms with Gasteiger partial charge in [-0.25, -0.2) is 4.79 Å². The molecule has 3 N–H and O–H groups in total. The van der Waals surface area contributed by atoms with Crippen LogP contribution in [0, 0.1) is 0 Å². The molecule has 0 bridgehead atoms. The summed E-state index contributed by atoms with van der Waals surface area (Å²) in [5.74, 6) is -0.0934. The molecule has 2 rings (SSSR count). The first-order valence-electron chi connectivity index (χ1n) is 8.36. The van der Waals surface area contributed by atoms with Gasteiger partial charge in [0, 0.05) is 11.6 Å². The van der Waals surface area contributed by atoms with Crippen molar-refractivity contribution in [3.63, 3.8) is 0 Å². The Morgan fingerprint density at radius 2 is 1.88 bits per heavy atom. The SMILES string of the molecule is CC(C)(C)N(C(=O)O)C1CCC(c2cccc(C(F)(F)F)c2)CC1N. The van der Waals surface area contributed by atoms with Crippen LogP contribution in [0.5, 0.6) is 0 Å². The third-order valence-corrected chi connectivity index (χ3v) is 4.81. The minimum atomic E-state index is -4.37. The molecule has 1 aliphatic carbocycles. The quantitative estimate of drug-likeness (QED) is 0.821. The lowest BCUT2D eigenvalue weighted by Crippen LogP contribution is -2.59. The Morgan fingerprint density at radius 3 is 2.36 bits per heavy atom. The number of nitrogens with zero attached hydrogens (tertiary/aromatic N) is 1. The highest BCUT2D eigenvalue weighted by Crippen LogP contribution is 2.38. The van der Waals surface area contributed by atoms with Gasteiger partial charge in [0.15, 0.2) is 0 Å². The molecule has 1 fully saturated rings. The first-order valence-corrected chi connectivity index (χ1v) is 8.36. The van der Waals surface area contributed by atoms with Gasteiger partial charge in [0.2, 0.25) is 0 Å². The predicted octanol–water partition coefficient (Wildman–Crippen LogP) is 4.45. The molecule has 0 aliphatic heterocycles. The zero-order chi connectivity index (χ0) is 19.0. The topological polar surface area (TPSA) is 66.6 Å². The largest absolute Gasteiger partial charge is 0.465 e. The minimum Gasteiger partial charge on any atom is -0.465 e. The van der Waals surface area contributed by atoms with E-state index in [-0.39, 0.29) is 12.0 Å². The van der Waals surface area contributed by atoms with E-state index in [1.54, 1.807) is 6.07 Å². The van der Waals surface area contributed by atoms with Gasteiger partial charge < -0.3 is 10.8 Å². The Bertz CT molecular complexity index is 625. The number of hydrogen-bond acceptors (Lipinski definition) is 2. The molecule has 1 saturated carbocycles. The maximum Gasteiger partial charge on any atom is 0.416 e. The monoisotopic (exact) mass is 358 g/mol. The normalized spacial score (nSPS) is 24.8. The smallest absolute Gasteiger partial charge is 0.416 e. The molecule has 0 heterocycles. The summed E-state index contributed by atoms with van der Waals surface area (Å²) in [5.41, 5.74) is 5.60. The van der Waals surface area contributed by atoms with Crippen LogP contribution in [0.15, 0.2) is 24.3 Å². The van der Waals surface area contributed by atoms with Crippen molar-refractivity contribution in [3.8, 4) is 0 Å². The Balaban J connectivity index is 2.18. The van der Waals surface area contributed by atoms with E-state index < -0.39 is 29.4 Å². The summed E-state index contributed by atoms with van der Waals surface area (Å²) in [6.45, 7) is 5.44. The summed E-state index contributed by atoms with van der Waals surface area (Å²) >= 11 is 0. The Hall–Kier alpha value is -1.76. The van der Waals surface area contributed by atoms with Gasteiger partial charge in [0.05, 0.1) is 11.6 Å². The standard InChI is InChI=1S/C18H25F3N2O2/c1-17(2,3)23(16(24)25)15-8-7-12(10-14(15)22)11-5-4-6-13(9-11)18(19,20)21/h4-6,9,12,14-15H,7-8,10,22H2,1-3H3,(H,24,25). The molecule has 3 atom stereocenters. The van der Waals surface area contributed by atoms with Crippen LogP contribution < -0.4 is 5.73 Å². The Labute approximate surface area is 145 Å². The van der Waals surface area contributed by atoms with Crippen LogP contribution in [0.3, 0.4) is 0 Å². The van der Waals surface area contributed by atoms with Crippen LogP contribution in [0.2, 0.25) is 0 Å². The van der Waals surface area contributed by atoms with Gasteiger partial charge in [-0.3, -0.25) is 4.90 Å². The second-order valence-corrected chi connectivity index (χ2v) is 7.69. The van der Waals surface area contributed by atoms with E-state index >= 15 is 0 Å². The van der Waals surface area contributed by atoms with Crippen molar-refractivity contribution in [2.75, 3.05) is 0 Å². The van der Waals surface area contributed by atoms with Crippen molar-refractivity contribution in [1.29, 1.82) is 0 Å². The predicted molar refractivity (Wildman–Crippen MR) is 89.4 cm³/mol. The Morgan fingerprint density at radius 1 is 1.24 bits per heavy atom. The van der Waals surface area contributed by atoms with Gasteiger partial charge in [-0.1, -0.05) is 18.2 Å². The second-order valence-electron chi connectivity index (χ2n) is 7.69. The molecular weight excluding hydrogens is 333 g/mol. The van der Waals surface area contributed by atoms with Crippen LogP contribution >= 0.6 is 0 Å². The van der Waals surface area contributed by atoms with Gasteiger partial charge in [-0.05, 0) is 57.6 Å². The number of rotatable bonds is 2. The average molecular weight is 358 g/mol. The maximum atomic E-state index is 12.9. The van der Waals surface area contributed by atoms with Crippen LogP contribution in [-0.2, 0) is 6.18 Å². The number of amides is 1. The van der Waals surface area contributed by atoms with Crippen LogP contribution in [0.25, 0.3) is 0 Å². The second kappa shape index (κ2) is 6.86. The third-order valence-electron chi connectivity index (χ3n) is 4.81. The molecule has 7 heteroatoms.